The zero-order valence-electron chi connectivity index (χ0n) is 16.3. The fraction of sp³-hybridized carbons (Fsp3) is 0.526. The van der Waals surface area contributed by atoms with E-state index in [9.17, 15) is 14.4 Å². The largest absolute Gasteiger partial charge is 0.479 e. The summed E-state index contributed by atoms with van der Waals surface area (Å²) in [5, 5.41) is 11.5. The van der Waals surface area contributed by atoms with Crippen molar-refractivity contribution in [3.63, 3.8) is 0 Å². The Labute approximate surface area is 158 Å². The van der Waals surface area contributed by atoms with Crippen LogP contribution in [0.3, 0.4) is 0 Å². The van der Waals surface area contributed by atoms with E-state index in [0.717, 1.165) is 0 Å². The van der Waals surface area contributed by atoms with Crippen LogP contribution in [0, 0.1) is 0 Å². The highest BCUT2D eigenvalue weighted by Crippen LogP contribution is 2.17. The number of carboxylic acids is 1. The van der Waals surface area contributed by atoms with Crippen LogP contribution >= 0.6 is 0 Å². The monoisotopic (exact) mass is 381 g/mol. The number of nitrogens with one attached hydrogen (secondary N) is 1. The Hall–Kier alpha value is -2.61. The van der Waals surface area contributed by atoms with Gasteiger partial charge in [-0.2, -0.15) is 0 Å². The molecule has 0 spiro atoms. The molecule has 1 aromatic rings. The van der Waals surface area contributed by atoms with Gasteiger partial charge in [-0.05, 0) is 51.5 Å². The molecule has 0 fully saturated rings. The molecule has 150 valence electrons. The maximum absolute atomic E-state index is 12.6. The van der Waals surface area contributed by atoms with Crippen molar-refractivity contribution in [1.82, 2.24) is 5.32 Å². The molecular weight excluding hydrogens is 354 g/mol. The number of ketones is 1. The lowest BCUT2D eigenvalue weighted by Gasteiger charge is -2.23. The minimum absolute atomic E-state index is 0.0206. The molecule has 0 saturated heterocycles. The second-order valence-electron chi connectivity index (χ2n) is 6.90. The molecule has 0 aliphatic carbocycles. The number of hydrogen-bond acceptors (Lipinski definition) is 6. The first kappa shape index (κ1) is 22.4. The minimum Gasteiger partial charge on any atom is -0.479 e. The lowest BCUT2D eigenvalue weighted by molar-refractivity contribution is -0.145. The van der Waals surface area contributed by atoms with Crippen LogP contribution in [0.25, 0.3) is 0 Å². The number of carbonyl (C=O) groups excluding carboxylic acids is 2. The van der Waals surface area contributed by atoms with Crippen molar-refractivity contribution in [2.45, 2.75) is 51.9 Å². The molecular formula is C19H27NO7. The average Bonchev–Trinajstić information content (AvgIpc) is 2.57. The average molecular weight is 381 g/mol. The molecule has 0 aliphatic rings. The molecule has 0 heterocycles. The second kappa shape index (κ2) is 9.91. The standard InChI is InChI=1S/C19H27NO7/c1-6-15(17(22)23)26-13-9-7-12(8-10-13)16(21)14(11-25-5)20-18(24)27-19(2,3)4/h7-10,14-15H,6,11H2,1-5H3,(H,20,24)(H,22,23)/t14?,15-/m0/s1. The Morgan fingerprint density at radius 2 is 1.74 bits per heavy atom. The van der Waals surface area contributed by atoms with Gasteiger partial charge in [-0.1, -0.05) is 6.92 Å². The van der Waals surface area contributed by atoms with Crippen molar-refractivity contribution < 1.29 is 33.7 Å². The summed E-state index contributed by atoms with van der Waals surface area (Å²) in [5.74, 6) is -1.08. The van der Waals surface area contributed by atoms with Crippen LogP contribution in [-0.2, 0) is 14.3 Å². The predicted octanol–water partition coefficient (Wildman–Crippen LogP) is 2.65. The van der Waals surface area contributed by atoms with Gasteiger partial charge in [0, 0.05) is 12.7 Å². The summed E-state index contributed by atoms with van der Waals surface area (Å²) in [6, 6.07) is 5.11. The Morgan fingerprint density at radius 3 is 2.19 bits per heavy atom. The predicted molar refractivity (Wildman–Crippen MR) is 98.1 cm³/mol. The third kappa shape index (κ3) is 7.65. The molecule has 27 heavy (non-hydrogen) atoms. The molecule has 0 aliphatic heterocycles. The number of carbonyl (C=O) groups is 3. The molecule has 1 rings (SSSR count). The van der Waals surface area contributed by atoms with Crippen LogP contribution < -0.4 is 10.1 Å². The first-order valence-electron chi connectivity index (χ1n) is 8.59. The van der Waals surface area contributed by atoms with Crippen LogP contribution in [0.1, 0.15) is 44.5 Å². The maximum Gasteiger partial charge on any atom is 0.408 e. The zero-order valence-corrected chi connectivity index (χ0v) is 16.3. The van der Waals surface area contributed by atoms with Crippen molar-refractivity contribution in [2.24, 2.45) is 0 Å². The van der Waals surface area contributed by atoms with Gasteiger partial charge in [-0.25, -0.2) is 9.59 Å². The number of hydrogen-bond donors (Lipinski definition) is 2. The van der Waals surface area contributed by atoms with Gasteiger partial charge in [0.1, 0.15) is 17.4 Å². The Balaban J connectivity index is 2.84. The van der Waals surface area contributed by atoms with Gasteiger partial charge in [0.25, 0.3) is 0 Å². The van der Waals surface area contributed by atoms with Gasteiger partial charge in [0.05, 0.1) is 6.61 Å². The minimum atomic E-state index is -1.06. The Bertz CT molecular complexity index is 649. The van der Waals surface area contributed by atoms with E-state index in [1.165, 1.54) is 31.4 Å². The highest BCUT2D eigenvalue weighted by molar-refractivity contribution is 6.01. The number of methoxy groups -OCH3 is 1. The second-order valence-corrected chi connectivity index (χ2v) is 6.90. The quantitative estimate of drug-likeness (QED) is 0.633. The SMILES string of the molecule is CC[C@H](Oc1ccc(C(=O)C(COC)NC(=O)OC(C)(C)C)cc1)C(=O)O. The molecule has 8 heteroatoms. The normalized spacial score (nSPS) is 13.4. The van der Waals surface area contributed by atoms with E-state index < -0.39 is 29.8 Å². The molecule has 1 amide bonds. The Kier molecular flexibility index (Phi) is 8.24. The van der Waals surface area contributed by atoms with Gasteiger partial charge >= 0.3 is 12.1 Å². The molecule has 0 radical (unpaired) electrons. The summed E-state index contributed by atoms with van der Waals surface area (Å²) in [5.41, 5.74) is -0.368. The first-order chi connectivity index (χ1) is 12.6. The zero-order chi connectivity index (χ0) is 20.6. The van der Waals surface area contributed by atoms with Gasteiger partial charge in [-0.3, -0.25) is 4.79 Å². The highest BCUT2D eigenvalue weighted by Gasteiger charge is 2.25. The lowest BCUT2D eigenvalue weighted by Crippen LogP contribution is -2.46. The lowest BCUT2D eigenvalue weighted by atomic mass is 10.0. The third-order valence-corrected chi connectivity index (χ3v) is 3.40. The molecule has 1 unspecified atom stereocenters. The van der Waals surface area contributed by atoms with Gasteiger partial charge in [-0.15, -0.1) is 0 Å². The summed E-state index contributed by atoms with van der Waals surface area (Å²) in [4.78, 5) is 35.6. The molecule has 1 aromatic carbocycles. The summed E-state index contributed by atoms with van der Waals surface area (Å²) in [6.45, 7) is 6.85. The van der Waals surface area contributed by atoms with Crippen molar-refractivity contribution >= 4 is 17.8 Å². The highest BCUT2D eigenvalue weighted by atomic mass is 16.6. The molecule has 8 nitrogen and oxygen atoms in total. The third-order valence-electron chi connectivity index (χ3n) is 3.40. The van der Waals surface area contributed by atoms with E-state index in [0.29, 0.717) is 17.7 Å². The number of carboxylic acid groups (broad SMARTS) is 1. The Morgan fingerprint density at radius 1 is 1.15 bits per heavy atom. The molecule has 0 saturated carbocycles. The number of benzene rings is 1. The van der Waals surface area contributed by atoms with E-state index in [2.05, 4.69) is 5.32 Å². The number of rotatable bonds is 9. The van der Waals surface area contributed by atoms with Crippen molar-refractivity contribution in [2.75, 3.05) is 13.7 Å². The number of amides is 1. The smallest absolute Gasteiger partial charge is 0.408 e. The van der Waals surface area contributed by atoms with Gasteiger partial charge in [0.15, 0.2) is 11.9 Å². The number of alkyl carbamates (subject to hydrolysis) is 1. The van der Waals surface area contributed by atoms with Crippen LogP contribution in [-0.4, -0.2) is 54.4 Å². The fourth-order valence-corrected chi connectivity index (χ4v) is 2.17. The fourth-order valence-electron chi connectivity index (χ4n) is 2.17. The van der Waals surface area contributed by atoms with Crippen LogP contribution in [0.2, 0.25) is 0 Å². The van der Waals surface area contributed by atoms with Crippen molar-refractivity contribution in [3.05, 3.63) is 29.8 Å². The summed E-state index contributed by atoms with van der Waals surface area (Å²) in [6.07, 6.45) is -1.36. The van der Waals surface area contributed by atoms with Crippen LogP contribution in [0.4, 0.5) is 4.79 Å². The van der Waals surface area contributed by atoms with E-state index in [1.807, 2.05) is 0 Å². The van der Waals surface area contributed by atoms with Crippen molar-refractivity contribution in [1.29, 1.82) is 0 Å². The first-order valence-corrected chi connectivity index (χ1v) is 8.59. The van der Waals surface area contributed by atoms with Crippen molar-refractivity contribution in [3.8, 4) is 5.75 Å². The van der Waals surface area contributed by atoms with E-state index >= 15 is 0 Å². The number of aliphatic carboxylic acids is 1. The van der Waals surface area contributed by atoms with E-state index in [1.54, 1.807) is 27.7 Å². The van der Waals surface area contributed by atoms with E-state index in [4.69, 9.17) is 19.3 Å². The number of ether oxygens (including phenoxy) is 3. The summed E-state index contributed by atoms with van der Waals surface area (Å²) in [7, 11) is 1.42. The van der Waals surface area contributed by atoms with Gasteiger partial charge < -0.3 is 24.6 Å². The van der Waals surface area contributed by atoms with Crippen LogP contribution in [0.15, 0.2) is 24.3 Å². The van der Waals surface area contributed by atoms with Crippen LogP contribution in [0.5, 0.6) is 5.75 Å². The summed E-state index contributed by atoms with van der Waals surface area (Å²) < 4.78 is 15.5. The maximum atomic E-state index is 12.6. The number of Topliss-reactive ketones (excluding diaryl/α,β-unsaturated/α-hetero) is 1. The topological polar surface area (TPSA) is 111 Å². The molecule has 2 atom stereocenters. The van der Waals surface area contributed by atoms with Gasteiger partial charge in [0.2, 0.25) is 0 Å². The molecule has 2 N–H and O–H groups in total. The van der Waals surface area contributed by atoms with E-state index in [-0.39, 0.29) is 12.4 Å². The summed E-state index contributed by atoms with van der Waals surface area (Å²) >= 11 is 0. The molecule has 0 aromatic heterocycles. The molecule has 0 bridgehead atoms.